The Morgan fingerprint density at radius 3 is 2.88 bits per heavy atom. The van der Waals surface area contributed by atoms with Crippen molar-refractivity contribution in [3.05, 3.63) is 41.6 Å². The number of amides is 1. The van der Waals surface area contributed by atoms with Crippen LogP contribution in [0, 0.1) is 11.3 Å². The lowest BCUT2D eigenvalue weighted by molar-refractivity contribution is -0.118. The smallest absolute Gasteiger partial charge is 0.263 e. The summed E-state index contributed by atoms with van der Waals surface area (Å²) >= 11 is 0. The van der Waals surface area contributed by atoms with Gasteiger partial charge in [-0.15, -0.1) is 0 Å². The van der Waals surface area contributed by atoms with Crippen molar-refractivity contribution in [1.82, 2.24) is 10.6 Å². The van der Waals surface area contributed by atoms with E-state index in [9.17, 15) is 10.1 Å². The van der Waals surface area contributed by atoms with Crippen LogP contribution in [0.25, 0.3) is 0 Å². The number of nitrogens with zero attached hydrogens (tertiary/aromatic N) is 1. The predicted molar refractivity (Wildman–Crippen MR) is 93.4 cm³/mol. The highest BCUT2D eigenvalue weighted by Gasteiger charge is 2.17. The fourth-order valence-corrected chi connectivity index (χ4v) is 2.88. The highest BCUT2D eigenvalue weighted by atomic mass is 16.5. The van der Waals surface area contributed by atoms with Gasteiger partial charge in [-0.05, 0) is 37.0 Å². The van der Waals surface area contributed by atoms with Crippen molar-refractivity contribution in [3.8, 4) is 11.8 Å². The van der Waals surface area contributed by atoms with Crippen LogP contribution in [0.5, 0.6) is 5.75 Å². The Morgan fingerprint density at radius 2 is 2.17 bits per heavy atom. The van der Waals surface area contributed by atoms with E-state index < -0.39 is 0 Å². The predicted octanol–water partition coefficient (Wildman–Crippen LogP) is 2.68. The lowest BCUT2D eigenvalue weighted by Gasteiger charge is -2.22. The summed E-state index contributed by atoms with van der Waals surface area (Å²) in [4.78, 5) is 12.1. The van der Waals surface area contributed by atoms with E-state index in [4.69, 9.17) is 4.74 Å². The molecule has 1 saturated carbocycles. The minimum atomic E-state index is -0.279. The molecule has 0 atom stereocenters. The fraction of sp³-hybridized carbons (Fsp3) is 0.474. The monoisotopic (exact) mass is 327 g/mol. The topological polar surface area (TPSA) is 74.1 Å². The van der Waals surface area contributed by atoms with Crippen LogP contribution < -0.4 is 15.4 Å². The zero-order valence-corrected chi connectivity index (χ0v) is 14.2. The number of carbonyl (C=O) groups excluding carboxylic acids is 1. The molecule has 0 aliphatic heterocycles. The number of methoxy groups -OCH3 is 1. The number of hydrogen-bond acceptors (Lipinski definition) is 4. The third-order valence-electron chi connectivity index (χ3n) is 4.24. The summed E-state index contributed by atoms with van der Waals surface area (Å²) in [5.41, 5.74) is 1.27. The van der Waals surface area contributed by atoms with Crippen molar-refractivity contribution in [2.45, 2.75) is 44.6 Å². The zero-order chi connectivity index (χ0) is 17.2. The van der Waals surface area contributed by atoms with E-state index in [2.05, 4.69) is 10.6 Å². The van der Waals surface area contributed by atoms with Crippen LogP contribution in [-0.2, 0) is 11.2 Å². The van der Waals surface area contributed by atoms with Gasteiger partial charge in [0.25, 0.3) is 5.91 Å². The molecule has 1 aliphatic rings. The second-order valence-corrected chi connectivity index (χ2v) is 6.03. The summed E-state index contributed by atoms with van der Waals surface area (Å²) in [7, 11) is 1.64. The van der Waals surface area contributed by atoms with Gasteiger partial charge in [-0.1, -0.05) is 31.4 Å². The van der Waals surface area contributed by atoms with E-state index in [0.717, 1.165) is 43.4 Å². The first-order chi connectivity index (χ1) is 11.7. The largest absolute Gasteiger partial charge is 0.497 e. The molecule has 2 rings (SSSR count). The van der Waals surface area contributed by atoms with Crippen molar-refractivity contribution < 1.29 is 9.53 Å². The van der Waals surface area contributed by atoms with Crippen molar-refractivity contribution in [1.29, 1.82) is 5.26 Å². The molecule has 5 nitrogen and oxygen atoms in total. The molecule has 128 valence electrons. The average Bonchev–Trinajstić information content (AvgIpc) is 2.62. The van der Waals surface area contributed by atoms with Gasteiger partial charge in [0.2, 0.25) is 0 Å². The molecule has 0 spiro atoms. The maximum Gasteiger partial charge on any atom is 0.263 e. The number of ether oxygens (including phenoxy) is 1. The van der Waals surface area contributed by atoms with Gasteiger partial charge in [-0.3, -0.25) is 4.79 Å². The number of carbonyl (C=O) groups is 1. The molecule has 1 aromatic rings. The molecular formula is C19H25N3O2. The molecule has 0 heterocycles. The summed E-state index contributed by atoms with van der Waals surface area (Å²) in [6, 6.07) is 10.0. The maximum absolute atomic E-state index is 12.1. The Balaban J connectivity index is 1.79. The summed E-state index contributed by atoms with van der Waals surface area (Å²) in [5.74, 6) is 0.547. The summed E-state index contributed by atoms with van der Waals surface area (Å²) in [6.07, 6.45) is 7.85. The first-order valence-electron chi connectivity index (χ1n) is 8.50. The van der Waals surface area contributed by atoms with Crippen molar-refractivity contribution in [3.63, 3.8) is 0 Å². The van der Waals surface area contributed by atoms with Gasteiger partial charge >= 0.3 is 0 Å². The van der Waals surface area contributed by atoms with Crippen LogP contribution in [0.15, 0.2) is 36.0 Å². The van der Waals surface area contributed by atoms with Crippen molar-refractivity contribution >= 4 is 5.91 Å². The number of nitrogens with one attached hydrogen (secondary N) is 2. The quantitative estimate of drug-likeness (QED) is 0.459. The molecule has 0 radical (unpaired) electrons. The van der Waals surface area contributed by atoms with E-state index >= 15 is 0 Å². The van der Waals surface area contributed by atoms with Crippen LogP contribution in [-0.4, -0.2) is 25.6 Å². The van der Waals surface area contributed by atoms with Crippen LogP contribution in [0.2, 0.25) is 0 Å². The van der Waals surface area contributed by atoms with Gasteiger partial charge in [0.15, 0.2) is 0 Å². The lowest BCUT2D eigenvalue weighted by atomic mass is 9.95. The minimum absolute atomic E-state index is 0.131. The van der Waals surface area contributed by atoms with Crippen LogP contribution >= 0.6 is 0 Å². The second-order valence-electron chi connectivity index (χ2n) is 6.03. The number of hydrogen-bond donors (Lipinski definition) is 2. The number of benzene rings is 1. The third-order valence-corrected chi connectivity index (χ3v) is 4.24. The van der Waals surface area contributed by atoms with Crippen molar-refractivity contribution in [2.24, 2.45) is 0 Å². The number of rotatable bonds is 7. The Morgan fingerprint density at radius 1 is 1.38 bits per heavy atom. The average molecular weight is 327 g/mol. The van der Waals surface area contributed by atoms with Gasteiger partial charge in [-0.2, -0.15) is 5.26 Å². The molecule has 2 N–H and O–H groups in total. The molecular weight excluding hydrogens is 302 g/mol. The maximum atomic E-state index is 12.1. The molecule has 1 fully saturated rings. The SMILES string of the molecule is COc1cccc(CCN/C=C(/C#N)C(=O)NC2CCCCC2)c1. The van der Waals surface area contributed by atoms with E-state index in [-0.39, 0.29) is 17.5 Å². The Bertz CT molecular complexity index is 613. The lowest BCUT2D eigenvalue weighted by Crippen LogP contribution is -2.37. The van der Waals surface area contributed by atoms with Crippen LogP contribution in [0.3, 0.4) is 0 Å². The molecule has 5 heteroatoms. The zero-order valence-electron chi connectivity index (χ0n) is 14.2. The first kappa shape index (κ1) is 17.9. The molecule has 0 unspecified atom stereocenters. The normalized spacial score (nSPS) is 15.4. The van der Waals surface area contributed by atoms with Gasteiger partial charge in [0, 0.05) is 18.8 Å². The minimum Gasteiger partial charge on any atom is -0.497 e. The highest BCUT2D eigenvalue weighted by Crippen LogP contribution is 2.17. The summed E-state index contributed by atoms with van der Waals surface area (Å²) in [6.45, 7) is 0.648. The van der Waals surface area contributed by atoms with E-state index in [1.54, 1.807) is 7.11 Å². The Labute approximate surface area is 143 Å². The molecule has 1 aromatic carbocycles. The van der Waals surface area contributed by atoms with E-state index in [0.29, 0.717) is 6.54 Å². The molecule has 1 aliphatic carbocycles. The summed E-state index contributed by atoms with van der Waals surface area (Å²) < 4.78 is 5.19. The second kappa shape index (κ2) is 9.61. The van der Waals surface area contributed by atoms with Crippen LogP contribution in [0.1, 0.15) is 37.7 Å². The van der Waals surface area contributed by atoms with Crippen LogP contribution in [0.4, 0.5) is 0 Å². The highest BCUT2D eigenvalue weighted by molar-refractivity contribution is 5.97. The van der Waals surface area contributed by atoms with Gasteiger partial charge in [0.05, 0.1) is 7.11 Å². The Kier molecular flexibility index (Phi) is 7.16. The van der Waals surface area contributed by atoms with Gasteiger partial charge < -0.3 is 15.4 Å². The molecule has 0 bridgehead atoms. The molecule has 24 heavy (non-hydrogen) atoms. The molecule has 1 amide bonds. The molecule has 0 saturated heterocycles. The number of nitriles is 1. The van der Waals surface area contributed by atoms with Gasteiger partial charge in [-0.25, -0.2) is 0 Å². The van der Waals surface area contributed by atoms with Gasteiger partial charge in [0.1, 0.15) is 17.4 Å². The standard InChI is InChI=1S/C19H25N3O2/c1-24-18-9-5-6-15(12-18)10-11-21-14-16(13-20)19(23)22-17-7-3-2-4-8-17/h5-6,9,12,14,17,21H,2-4,7-8,10-11H2,1H3,(H,22,23)/b16-14-. The third kappa shape index (κ3) is 5.62. The molecule has 0 aromatic heterocycles. The first-order valence-corrected chi connectivity index (χ1v) is 8.50. The van der Waals surface area contributed by atoms with E-state index in [1.807, 2.05) is 30.3 Å². The van der Waals surface area contributed by atoms with Crippen molar-refractivity contribution in [2.75, 3.05) is 13.7 Å². The fourth-order valence-electron chi connectivity index (χ4n) is 2.88. The van der Waals surface area contributed by atoms with E-state index in [1.165, 1.54) is 12.6 Å². The Hall–Kier alpha value is -2.48. The summed E-state index contributed by atoms with van der Waals surface area (Å²) in [5, 5.41) is 15.2.